The number of nitrogens with zero attached hydrogens (tertiary/aromatic N) is 2. The smallest absolute Gasteiger partial charge is 0.354 e. The third-order valence-electron chi connectivity index (χ3n) is 7.02. The molecule has 2 heterocycles. The summed E-state index contributed by atoms with van der Waals surface area (Å²) in [5.74, 6) is -2.29. The van der Waals surface area contributed by atoms with E-state index in [1.54, 1.807) is 24.3 Å². The predicted molar refractivity (Wildman–Crippen MR) is 156 cm³/mol. The Balaban J connectivity index is 1.86. The summed E-state index contributed by atoms with van der Waals surface area (Å²) in [7, 11) is -2.36. The fourth-order valence-electron chi connectivity index (χ4n) is 5.26. The van der Waals surface area contributed by atoms with Crippen LogP contribution in [0.15, 0.2) is 109 Å². The van der Waals surface area contributed by atoms with Gasteiger partial charge >= 0.3 is 5.97 Å². The number of carboxylic acid groups (broad SMARTS) is 1. The molecule has 0 aliphatic rings. The van der Waals surface area contributed by atoms with Crippen LogP contribution in [0.5, 0.6) is 0 Å². The molecule has 0 fully saturated rings. The lowest BCUT2D eigenvalue weighted by Crippen LogP contribution is -2.42. The highest BCUT2D eigenvalue weighted by molar-refractivity contribution is 6.88. The van der Waals surface area contributed by atoms with Gasteiger partial charge in [-0.2, -0.15) is 0 Å². The molecular weight excluding hydrogens is 522 g/mol. The van der Waals surface area contributed by atoms with Gasteiger partial charge in [0.15, 0.2) is 0 Å². The predicted octanol–water partition coefficient (Wildman–Crippen LogP) is 7.05. The van der Waals surface area contributed by atoms with Crippen LogP contribution >= 0.6 is 0 Å². The maximum absolute atomic E-state index is 15.9. The van der Waals surface area contributed by atoms with Crippen LogP contribution in [0.3, 0.4) is 0 Å². The molecule has 0 aliphatic carbocycles. The van der Waals surface area contributed by atoms with Crippen molar-refractivity contribution in [3.05, 3.63) is 149 Å². The van der Waals surface area contributed by atoms with Crippen LogP contribution in [0.2, 0.25) is 19.6 Å². The molecule has 0 saturated heterocycles. The number of aromatic carboxylic acids is 1. The van der Waals surface area contributed by atoms with E-state index in [-0.39, 0.29) is 16.4 Å². The van der Waals surface area contributed by atoms with Crippen molar-refractivity contribution >= 4 is 19.2 Å². The standard InChI is InChI=1S/C33H28F2N2O2Si/c1-40(2,3)31-25(34)21-20-24(30(31)35)26-16-10-18-28(36-26)33(22-12-6-4-7-13-22,23-14-8-5-9-15-23)29-19-11-17-27(37-29)32(38)39/h4-21H,1-3H3,(H,38,39). The molecular formula is C33H28F2N2O2Si. The zero-order valence-corrected chi connectivity index (χ0v) is 23.4. The Morgan fingerprint density at radius 2 is 1.25 bits per heavy atom. The normalized spacial score (nSPS) is 11.8. The largest absolute Gasteiger partial charge is 0.477 e. The first-order valence-electron chi connectivity index (χ1n) is 12.9. The molecule has 2 aromatic heterocycles. The molecule has 0 saturated carbocycles. The van der Waals surface area contributed by atoms with Crippen molar-refractivity contribution in [2.45, 2.75) is 25.1 Å². The van der Waals surface area contributed by atoms with Crippen LogP contribution in [0.1, 0.15) is 33.0 Å². The average Bonchev–Trinajstić information content (AvgIpc) is 2.94. The Hall–Kier alpha value is -4.49. The van der Waals surface area contributed by atoms with Crippen molar-refractivity contribution in [2.75, 3.05) is 0 Å². The third-order valence-corrected chi connectivity index (χ3v) is 8.97. The minimum atomic E-state index is -2.36. The van der Waals surface area contributed by atoms with Gasteiger partial charge in [-0.3, -0.25) is 4.98 Å². The van der Waals surface area contributed by atoms with E-state index in [1.165, 1.54) is 18.2 Å². The second kappa shape index (κ2) is 10.6. The number of hydrogen-bond acceptors (Lipinski definition) is 3. The number of carbonyl (C=O) groups is 1. The first kappa shape index (κ1) is 27.1. The Kier molecular flexibility index (Phi) is 7.17. The topological polar surface area (TPSA) is 63.1 Å². The van der Waals surface area contributed by atoms with Crippen molar-refractivity contribution in [3.63, 3.8) is 0 Å². The highest BCUT2D eigenvalue weighted by atomic mass is 28.3. The van der Waals surface area contributed by atoms with Gasteiger partial charge in [-0.05, 0) is 47.5 Å². The minimum absolute atomic E-state index is 0.103. The number of hydrogen-bond donors (Lipinski definition) is 1. The minimum Gasteiger partial charge on any atom is -0.477 e. The zero-order chi connectivity index (χ0) is 28.5. The third kappa shape index (κ3) is 4.73. The van der Waals surface area contributed by atoms with Crippen LogP contribution in [0.4, 0.5) is 8.78 Å². The second-order valence-corrected chi connectivity index (χ2v) is 15.6. The number of benzene rings is 3. The van der Waals surface area contributed by atoms with E-state index in [0.717, 1.165) is 11.1 Å². The molecule has 0 atom stereocenters. The van der Waals surface area contributed by atoms with Gasteiger partial charge in [-0.15, -0.1) is 0 Å². The average molecular weight is 551 g/mol. The van der Waals surface area contributed by atoms with Crippen molar-refractivity contribution in [3.8, 4) is 11.3 Å². The number of aromatic nitrogens is 2. The van der Waals surface area contributed by atoms with Crippen LogP contribution in [-0.4, -0.2) is 29.1 Å². The molecule has 5 aromatic rings. The summed E-state index contributed by atoms with van der Waals surface area (Å²) in [6.45, 7) is 5.71. The monoisotopic (exact) mass is 550 g/mol. The van der Waals surface area contributed by atoms with Crippen molar-refractivity contribution in [1.82, 2.24) is 9.97 Å². The molecule has 200 valence electrons. The lowest BCUT2D eigenvalue weighted by molar-refractivity contribution is 0.0690. The summed E-state index contributed by atoms with van der Waals surface area (Å²) >= 11 is 0. The Morgan fingerprint density at radius 3 is 1.80 bits per heavy atom. The van der Waals surface area contributed by atoms with E-state index in [9.17, 15) is 14.3 Å². The van der Waals surface area contributed by atoms with Gasteiger partial charge in [0.05, 0.1) is 25.2 Å². The van der Waals surface area contributed by atoms with Crippen molar-refractivity contribution in [1.29, 1.82) is 0 Å². The fourth-order valence-corrected chi connectivity index (χ4v) is 6.85. The van der Waals surface area contributed by atoms with E-state index in [2.05, 4.69) is 4.98 Å². The molecule has 0 bridgehead atoms. The van der Waals surface area contributed by atoms with E-state index in [0.29, 0.717) is 17.1 Å². The molecule has 1 N–H and O–H groups in total. The Morgan fingerprint density at radius 1 is 0.700 bits per heavy atom. The first-order chi connectivity index (χ1) is 19.1. The summed E-state index contributed by atoms with van der Waals surface area (Å²) in [4.78, 5) is 21.6. The molecule has 4 nitrogen and oxygen atoms in total. The molecule has 40 heavy (non-hydrogen) atoms. The molecule has 0 unspecified atom stereocenters. The number of carboxylic acids is 1. The summed E-state index contributed by atoms with van der Waals surface area (Å²) in [6.07, 6.45) is 0. The molecule has 3 aromatic carbocycles. The van der Waals surface area contributed by atoms with Gasteiger partial charge in [0, 0.05) is 10.8 Å². The van der Waals surface area contributed by atoms with Gasteiger partial charge in [-0.25, -0.2) is 18.6 Å². The van der Waals surface area contributed by atoms with Crippen LogP contribution in [0, 0.1) is 11.6 Å². The summed E-state index contributed by atoms with van der Waals surface area (Å²) in [6, 6.07) is 32.1. The summed E-state index contributed by atoms with van der Waals surface area (Å²) in [5.41, 5.74) is 1.92. The highest BCUT2D eigenvalue weighted by Gasteiger charge is 2.42. The SMILES string of the molecule is C[Si](C)(C)c1c(F)ccc(-c2cccc(C(c3ccccc3)(c3ccccc3)c3cccc(C(=O)O)n3)n2)c1F. The van der Waals surface area contributed by atoms with Crippen molar-refractivity contribution in [2.24, 2.45) is 0 Å². The number of halogens is 2. The lowest BCUT2D eigenvalue weighted by atomic mass is 9.69. The Bertz CT molecular complexity index is 1650. The molecule has 0 spiro atoms. The van der Waals surface area contributed by atoms with Gasteiger partial charge < -0.3 is 5.11 Å². The van der Waals surface area contributed by atoms with Crippen LogP contribution in [-0.2, 0) is 5.41 Å². The highest BCUT2D eigenvalue weighted by Crippen LogP contribution is 2.44. The van der Waals surface area contributed by atoms with E-state index < -0.39 is 31.1 Å². The maximum atomic E-state index is 15.9. The fraction of sp³-hybridized carbons (Fsp3) is 0.121. The van der Waals surface area contributed by atoms with Crippen LogP contribution in [0.25, 0.3) is 11.3 Å². The Labute approximate surface area is 233 Å². The number of pyridine rings is 2. The molecule has 0 radical (unpaired) electrons. The van der Waals surface area contributed by atoms with Gasteiger partial charge in [0.2, 0.25) is 0 Å². The molecule has 0 aliphatic heterocycles. The summed E-state index contributed by atoms with van der Waals surface area (Å²) < 4.78 is 30.7. The van der Waals surface area contributed by atoms with E-state index in [4.69, 9.17) is 4.98 Å². The molecule has 5 rings (SSSR count). The zero-order valence-electron chi connectivity index (χ0n) is 22.4. The first-order valence-corrected chi connectivity index (χ1v) is 16.4. The lowest BCUT2D eigenvalue weighted by Gasteiger charge is -2.35. The van der Waals surface area contributed by atoms with E-state index in [1.807, 2.05) is 86.4 Å². The van der Waals surface area contributed by atoms with Crippen LogP contribution < -0.4 is 5.19 Å². The van der Waals surface area contributed by atoms with Crippen molar-refractivity contribution < 1.29 is 18.7 Å². The second-order valence-electron chi connectivity index (χ2n) is 10.6. The number of rotatable bonds is 7. The van der Waals surface area contributed by atoms with Gasteiger partial charge in [0.25, 0.3) is 0 Å². The summed E-state index contributed by atoms with van der Waals surface area (Å²) in [5, 5.41) is 9.91. The molecule has 7 heteroatoms. The quantitative estimate of drug-likeness (QED) is 0.221. The van der Waals surface area contributed by atoms with Gasteiger partial charge in [0.1, 0.15) is 22.7 Å². The maximum Gasteiger partial charge on any atom is 0.354 e. The van der Waals surface area contributed by atoms with Gasteiger partial charge in [-0.1, -0.05) is 92.4 Å². The molecule has 0 amide bonds. The van der Waals surface area contributed by atoms with E-state index >= 15 is 4.39 Å².